The van der Waals surface area contributed by atoms with Crippen LogP contribution >= 0.6 is 0 Å². The number of hydrogen-bond acceptors (Lipinski definition) is 3. The highest BCUT2D eigenvalue weighted by atomic mass is 16.5. The Balaban J connectivity index is 2.29. The van der Waals surface area contributed by atoms with Crippen LogP contribution in [0.25, 0.3) is 11.1 Å². The van der Waals surface area contributed by atoms with E-state index in [1.54, 1.807) is 14.0 Å². The van der Waals surface area contributed by atoms with E-state index in [9.17, 15) is 5.26 Å². The molecule has 0 bridgehead atoms. The lowest BCUT2D eigenvalue weighted by molar-refractivity contribution is 0.146. The molecule has 3 nitrogen and oxygen atoms in total. The van der Waals surface area contributed by atoms with Crippen LogP contribution in [-0.2, 0) is 5.60 Å². The standard InChI is InChI=1S/C16H13NO2/c1-16(10-17)14-6-4-3-5-12(14)13-9-11(18-2)7-8-15(13)19-16/h3-9H,1-2H3. The first kappa shape index (κ1) is 11.6. The highest BCUT2D eigenvalue weighted by molar-refractivity contribution is 5.78. The molecule has 0 aromatic heterocycles. The van der Waals surface area contributed by atoms with Gasteiger partial charge in [0, 0.05) is 11.1 Å². The van der Waals surface area contributed by atoms with Gasteiger partial charge in [-0.25, -0.2) is 0 Å². The van der Waals surface area contributed by atoms with Gasteiger partial charge < -0.3 is 9.47 Å². The van der Waals surface area contributed by atoms with Crippen LogP contribution < -0.4 is 9.47 Å². The van der Waals surface area contributed by atoms with E-state index >= 15 is 0 Å². The summed E-state index contributed by atoms with van der Waals surface area (Å²) in [5, 5.41) is 9.42. The van der Waals surface area contributed by atoms with Crippen LogP contribution in [0.3, 0.4) is 0 Å². The molecule has 1 unspecified atom stereocenters. The monoisotopic (exact) mass is 251 g/mol. The number of nitriles is 1. The maximum Gasteiger partial charge on any atom is 0.217 e. The van der Waals surface area contributed by atoms with Crippen LogP contribution in [0.4, 0.5) is 0 Å². The molecule has 0 radical (unpaired) electrons. The van der Waals surface area contributed by atoms with E-state index in [0.29, 0.717) is 5.75 Å². The lowest BCUT2D eigenvalue weighted by Gasteiger charge is -2.32. The summed E-state index contributed by atoms with van der Waals surface area (Å²) < 4.78 is 11.1. The second-order valence-electron chi connectivity index (χ2n) is 4.65. The normalized spacial score (nSPS) is 19.6. The van der Waals surface area contributed by atoms with Crippen molar-refractivity contribution in [2.45, 2.75) is 12.5 Å². The van der Waals surface area contributed by atoms with E-state index in [-0.39, 0.29) is 0 Å². The largest absolute Gasteiger partial charge is 0.497 e. The highest BCUT2D eigenvalue weighted by Crippen LogP contribution is 2.45. The second kappa shape index (κ2) is 4.03. The summed E-state index contributed by atoms with van der Waals surface area (Å²) in [6, 6.07) is 15.7. The average molecular weight is 251 g/mol. The molecule has 94 valence electrons. The summed E-state index contributed by atoms with van der Waals surface area (Å²) in [5.41, 5.74) is 1.92. The van der Waals surface area contributed by atoms with Gasteiger partial charge in [-0.2, -0.15) is 5.26 Å². The third-order valence-corrected chi connectivity index (χ3v) is 3.45. The van der Waals surface area contributed by atoms with Gasteiger partial charge in [-0.05, 0) is 30.7 Å². The van der Waals surface area contributed by atoms with E-state index < -0.39 is 5.60 Å². The first-order valence-corrected chi connectivity index (χ1v) is 6.06. The van der Waals surface area contributed by atoms with Crippen molar-refractivity contribution in [1.82, 2.24) is 0 Å². The molecule has 0 N–H and O–H groups in total. The van der Waals surface area contributed by atoms with E-state index in [4.69, 9.17) is 9.47 Å². The minimum atomic E-state index is -0.946. The van der Waals surface area contributed by atoms with Crippen molar-refractivity contribution < 1.29 is 9.47 Å². The molecule has 0 aliphatic carbocycles. The zero-order chi connectivity index (χ0) is 13.5. The van der Waals surface area contributed by atoms with Crippen LogP contribution in [-0.4, -0.2) is 7.11 Å². The quantitative estimate of drug-likeness (QED) is 0.779. The first-order valence-electron chi connectivity index (χ1n) is 6.06. The fourth-order valence-electron chi connectivity index (χ4n) is 2.43. The highest BCUT2D eigenvalue weighted by Gasteiger charge is 2.36. The minimum absolute atomic E-state index is 0.712. The van der Waals surface area contributed by atoms with E-state index in [2.05, 4.69) is 6.07 Å². The Labute approximate surface area is 112 Å². The maximum absolute atomic E-state index is 9.42. The number of methoxy groups -OCH3 is 1. The summed E-state index contributed by atoms with van der Waals surface area (Å²) in [5.74, 6) is 1.49. The molecular formula is C16H13NO2. The van der Waals surface area contributed by atoms with Crippen molar-refractivity contribution in [3.63, 3.8) is 0 Å². The number of ether oxygens (including phenoxy) is 2. The summed E-state index contributed by atoms with van der Waals surface area (Å²) in [6.45, 7) is 1.79. The summed E-state index contributed by atoms with van der Waals surface area (Å²) in [6.07, 6.45) is 0. The van der Waals surface area contributed by atoms with Crippen molar-refractivity contribution in [2.75, 3.05) is 7.11 Å². The zero-order valence-corrected chi connectivity index (χ0v) is 10.8. The molecule has 0 spiro atoms. The third-order valence-electron chi connectivity index (χ3n) is 3.45. The van der Waals surface area contributed by atoms with Gasteiger partial charge in [0.05, 0.1) is 7.11 Å². The molecule has 2 aromatic carbocycles. The van der Waals surface area contributed by atoms with Gasteiger partial charge in [0.15, 0.2) is 0 Å². The van der Waals surface area contributed by atoms with Gasteiger partial charge in [-0.3, -0.25) is 0 Å². The Bertz CT molecular complexity index is 687. The maximum atomic E-state index is 9.42. The van der Waals surface area contributed by atoms with E-state index in [1.165, 1.54) is 0 Å². The van der Waals surface area contributed by atoms with Crippen LogP contribution in [0.5, 0.6) is 11.5 Å². The number of rotatable bonds is 1. The molecule has 0 fully saturated rings. The van der Waals surface area contributed by atoms with Gasteiger partial charge in [0.25, 0.3) is 0 Å². The Hall–Kier alpha value is -2.47. The van der Waals surface area contributed by atoms with E-state index in [0.717, 1.165) is 22.4 Å². The molecule has 19 heavy (non-hydrogen) atoms. The lowest BCUT2D eigenvalue weighted by Crippen LogP contribution is -2.31. The number of benzene rings is 2. The van der Waals surface area contributed by atoms with Gasteiger partial charge in [-0.1, -0.05) is 24.3 Å². The molecule has 1 aliphatic rings. The lowest BCUT2D eigenvalue weighted by atomic mass is 9.86. The summed E-state index contributed by atoms with van der Waals surface area (Å²) in [7, 11) is 1.64. The van der Waals surface area contributed by atoms with Gasteiger partial charge in [-0.15, -0.1) is 0 Å². The topological polar surface area (TPSA) is 42.2 Å². The third kappa shape index (κ3) is 1.65. The second-order valence-corrected chi connectivity index (χ2v) is 4.65. The number of fused-ring (bicyclic) bond motifs is 3. The van der Waals surface area contributed by atoms with Crippen LogP contribution in [0.15, 0.2) is 42.5 Å². The predicted octanol–water partition coefficient (Wildman–Crippen LogP) is 3.49. The first-order chi connectivity index (χ1) is 9.18. The van der Waals surface area contributed by atoms with Crippen molar-refractivity contribution in [2.24, 2.45) is 0 Å². The molecule has 0 saturated carbocycles. The smallest absolute Gasteiger partial charge is 0.217 e. The Morgan fingerprint density at radius 3 is 2.68 bits per heavy atom. The number of nitrogens with zero attached hydrogens (tertiary/aromatic N) is 1. The molecule has 2 aromatic rings. The van der Waals surface area contributed by atoms with Gasteiger partial charge in [0.2, 0.25) is 5.60 Å². The van der Waals surface area contributed by atoms with Crippen molar-refractivity contribution in [3.8, 4) is 28.7 Å². The van der Waals surface area contributed by atoms with Crippen LogP contribution in [0.1, 0.15) is 12.5 Å². The SMILES string of the molecule is COc1ccc2c(c1)-c1ccccc1C(C)(C#N)O2. The molecule has 3 heteroatoms. The van der Waals surface area contributed by atoms with Crippen LogP contribution in [0.2, 0.25) is 0 Å². The summed E-state index contributed by atoms with van der Waals surface area (Å²) >= 11 is 0. The minimum Gasteiger partial charge on any atom is -0.497 e. The fraction of sp³-hybridized carbons (Fsp3) is 0.188. The van der Waals surface area contributed by atoms with E-state index in [1.807, 2.05) is 42.5 Å². The van der Waals surface area contributed by atoms with Crippen molar-refractivity contribution >= 4 is 0 Å². The Morgan fingerprint density at radius 2 is 1.95 bits per heavy atom. The average Bonchev–Trinajstić information content (AvgIpc) is 2.47. The molecule has 3 rings (SSSR count). The van der Waals surface area contributed by atoms with Gasteiger partial charge in [0.1, 0.15) is 17.6 Å². The molecule has 0 saturated heterocycles. The molecule has 1 heterocycles. The van der Waals surface area contributed by atoms with Crippen molar-refractivity contribution in [3.05, 3.63) is 48.0 Å². The van der Waals surface area contributed by atoms with Crippen molar-refractivity contribution in [1.29, 1.82) is 5.26 Å². The zero-order valence-electron chi connectivity index (χ0n) is 10.8. The molecule has 1 aliphatic heterocycles. The molecule has 0 amide bonds. The Morgan fingerprint density at radius 1 is 1.16 bits per heavy atom. The Kier molecular flexibility index (Phi) is 2.46. The molecular weight excluding hydrogens is 238 g/mol. The molecule has 1 atom stereocenters. The predicted molar refractivity (Wildman–Crippen MR) is 72.0 cm³/mol. The summed E-state index contributed by atoms with van der Waals surface area (Å²) in [4.78, 5) is 0. The van der Waals surface area contributed by atoms with Crippen LogP contribution in [0, 0.1) is 11.3 Å². The van der Waals surface area contributed by atoms with Gasteiger partial charge >= 0.3 is 0 Å². The fourth-order valence-corrected chi connectivity index (χ4v) is 2.43. The number of hydrogen-bond donors (Lipinski definition) is 0.